The molecule has 0 radical (unpaired) electrons. The molecule has 1 saturated heterocycles. The van der Waals surface area contributed by atoms with E-state index in [4.69, 9.17) is 4.74 Å². The summed E-state index contributed by atoms with van der Waals surface area (Å²) < 4.78 is 5.18. The Labute approximate surface area is 123 Å². The number of hydrogen-bond acceptors (Lipinski definition) is 6. The van der Waals surface area contributed by atoms with Crippen molar-refractivity contribution in [1.82, 2.24) is 20.5 Å². The summed E-state index contributed by atoms with van der Waals surface area (Å²) in [6.07, 6.45) is 0. The standard InChI is InChI=1S/C14H19N5O2/c1-9-8-19(6-5-15-9)14-16-13(17-18-14)11-7-10(21-2)3-4-12(11)20/h3-4,7,9,15,20H,5-6,8H2,1-2H3,(H,16,17,18)/t9-/m1/s1. The highest BCUT2D eigenvalue weighted by molar-refractivity contribution is 5.66. The number of piperazine rings is 1. The second-order valence-electron chi connectivity index (χ2n) is 5.17. The third-order valence-corrected chi connectivity index (χ3v) is 3.58. The number of aromatic hydroxyl groups is 1. The van der Waals surface area contributed by atoms with Gasteiger partial charge in [-0.2, -0.15) is 4.98 Å². The summed E-state index contributed by atoms with van der Waals surface area (Å²) >= 11 is 0. The largest absolute Gasteiger partial charge is 0.507 e. The highest BCUT2D eigenvalue weighted by atomic mass is 16.5. The summed E-state index contributed by atoms with van der Waals surface area (Å²) in [4.78, 5) is 6.61. The summed E-state index contributed by atoms with van der Waals surface area (Å²) in [5.41, 5.74) is 0.580. The van der Waals surface area contributed by atoms with E-state index in [2.05, 4.69) is 32.3 Å². The molecule has 7 nitrogen and oxygen atoms in total. The number of rotatable bonds is 3. The number of aromatic amines is 1. The molecule has 0 spiro atoms. The number of ether oxygens (including phenoxy) is 1. The summed E-state index contributed by atoms with van der Waals surface area (Å²) in [7, 11) is 1.59. The number of nitrogens with one attached hydrogen (secondary N) is 2. The van der Waals surface area contributed by atoms with E-state index in [1.807, 2.05) is 0 Å². The molecule has 21 heavy (non-hydrogen) atoms. The van der Waals surface area contributed by atoms with Gasteiger partial charge in [0.2, 0.25) is 5.95 Å². The third-order valence-electron chi connectivity index (χ3n) is 3.58. The molecule has 0 aliphatic carbocycles. The van der Waals surface area contributed by atoms with E-state index in [0.717, 1.165) is 19.6 Å². The highest BCUT2D eigenvalue weighted by Gasteiger charge is 2.20. The molecule has 7 heteroatoms. The fourth-order valence-electron chi connectivity index (χ4n) is 2.46. The Morgan fingerprint density at radius 3 is 3.05 bits per heavy atom. The van der Waals surface area contributed by atoms with Crippen LogP contribution in [0.4, 0.5) is 5.95 Å². The van der Waals surface area contributed by atoms with Crippen molar-refractivity contribution >= 4 is 5.95 Å². The van der Waals surface area contributed by atoms with E-state index >= 15 is 0 Å². The maximum absolute atomic E-state index is 9.98. The second-order valence-corrected chi connectivity index (χ2v) is 5.17. The van der Waals surface area contributed by atoms with E-state index in [0.29, 0.717) is 29.1 Å². The van der Waals surface area contributed by atoms with Gasteiger partial charge in [-0.15, -0.1) is 5.10 Å². The second kappa shape index (κ2) is 5.61. The van der Waals surface area contributed by atoms with Crippen LogP contribution < -0.4 is 15.0 Å². The molecule has 1 aromatic carbocycles. The van der Waals surface area contributed by atoms with Gasteiger partial charge in [-0.25, -0.2) is 0 Å². The van der Waals surface area contributed by atoms with E-state index in [9.17, 15) is 5.11 Å². The number of nitrogens with zero attached hydrogens (tertiary/aromatic N) is 3. The first kappa shape index (κ1) is 13.7. The Hall–Kier alpha value is -2.28. The lowest BCUT2D eigenvalue weighted by molar-refractivity contribution is 0.412. The summed E-state index contributed by atoms with van der Waals surface area (Å²) in [5, 5.41) is 20.5. The van der Waals surface area contributed by atoms with Crippen LogP contribution >= 0.6 is 0 Å². The monoisotopic (exact) mass is 289 g/mol. The van der Waals surface area contributed by atoms with Crippen molar-refractivity contribution in [3.63, 3.8) is 0 Å². The predicted octanol–water partition coefficient (Wildman–Crippen LogP) is 0.984. The molecule has 0 unspecified atom stereocenters. The molecule has 1 aliphatic rings. The van der Waals surface area contributed by atoms with Gasteiger partial charge >= 0.3 is 0 Å². The Kier molecular flexibility index (Phi) is 3.66. The maximum Gasteiger partial charge on any atom is 0.245 e. The van der Waals surface area contributed by atoms with Gasteiger partial charge in [0.1, 0.15) is 11.5 Å². The summed E-state index contributed by atoms with van der Waals surface area (Å²) in [6, 6.07) is 5.43. The number of anilines is 1. The minimum absolute atomic E-state index is 0.146. The van der Waals surface area contributed by atoms with Gasteiger partial charge in [0, 0.05) is 25.7 Å². The number of H-pyrrole nitrogens is 1. The van der Waals surface area contributed by atoms with Gasteiger partial charge in [0.05, 0.1) is 12.7 Å². The molecule has 0 saturated carbocycles. The van der Waals surface area contributed by atoms with Gasteiger partial charge < -0.3 is 20.1 Å². The van der Waals surface area contributed by atoms with Crippen LogP contribution in [0.2, 0.25) is 0 Å². The van der Waals surface area contributed by atoms with Crippen LogP contribution in [-0.2, 0) is 0 Å². The van der Waals surface area contributed by atoms with Gasteiger partial charge in [-0.05, 0) is 25.1 Å². The van der Waals surface area contributed by atoms with Crippen LogP contribution in [0.15, 0.2) is 18.2 Å². The van der Waals surface area contributed by atoms with Gasteiger partial charge in [0.25, 0.3) is 0 Å². The average molecular weight is 289 g/mol. The van der Waals surface area contributed by atoms with Crippen molar-refractivity contribution in [3.8, 4) is 22.9 Å². The van der Waals surface area contributed by atoms with Crippen molar-refractivity contribution in [2.24, 2.45) is 0 Å². The maximum atomic E-state index is 9.98. The van der Waals surface area contributed by atoms with Crippen LogP contribution in [-0.4, -0.2) is 53.1 Å². The summed E-state index contributed by atoms with van der Waals surface area (Å²) in [6.45, 7) is 4.77. The van der Waals surface area contributed by atoms with E-state index in [-0.39, 0.29) is 5.75 Å². The Bertz CT molecular complexity index is 628. The number of aromatic nitrogens is 3. The zero-order valence-electron chi connectivity index (χ0n) is 12.1. The number of phenols is 1. The van der Waals surface area contributed by atoms with Crippen molar-refractivity contribution in [1.29, 1.82) is 0 Å². The van der Waals surface area contributed by atoms with Crippen LogP contribution in [0.1, 0.15) is 6.92 Å². The Balaban J connectivity index is 1.87. The van der Waals surface area contributed by atoms with Gasteiger partial charge in [0.15, 0.2) is 5.82 Å². The predicted molar refractivity (Wildman–Crippen MR) is 79.7 cm³/mol. The quantitative estimate of drug-likeness (QED) is 0.781. The highest BCUT2D eigenvalue weighted by Crippen LogP contribution is 2.31. The fourth-order valence-corrected chi connectivity index (χ4v) is 2.46. The van der Waals surface area contributed by atoms with E-state index in [1.165, 1.54) is 0 Å². The lowest BCUT2D eigenvalue weighted by Gasteiger charge is -2.30. The zero-order chi connectivity index (χ0) is 14.8. The molecule has 1 fully saturated rings. The topological polar surface area (TPSA) is 86.3 Å². The van der Waals surface area contributed by atoms with Crippen molar-refractivity contribution in [2.75, 3.05) is 31.6 Å². The molecule has 3 rings (SSSR count). The lowest BCUT2D eigenvalue weighted by Crippen LogP contribution is -2.49. The molecule has 2 aromatic rings. The molecular formula is C14H19N5O2. The first-order chi connectivity index (χ1) is 10.2. The van der Waals surface area contributed by atoms with Crippen LogP contribution in [0.5, 0.6) is 11.5 Å². The third kappa shape index (κ3) is 2.78. The minimum Gasteiger partial charge on any atom is -0.507 e. The molecule has 0 bridgehead atoms. The van der Waals surface area contributed by atoms with Crippen molar-refractivity contribution in [3.05, 3.63) is 18.2 Å². The van der Waals surface area contributed by atoms with Crippen LogP contribution in [0.25, 0.3) is 11.4 Å². The smallest absolute Gasteiger partial charge is 0.245 e. The zero-order valence-corrected chi connectivity index (χ0v) is 12.1. The minimum atomic E-state index is 0.146. The van der Waals surface area contributed by atoms with Gasteiger partial charge in [-0.3, -0.25) is 5.10 Å². The number of phenolic OH excluding ortho intramolecular Hbond substituents is 1. The van der Waals surface area contributed by atoms with Crippen LogP contribution in [0, 0.1) is 0 Å². The average Bonchev–Trinajstić information content (AvgIpc) is 2.97. The van der Waals surface area contributed by atoms with Crippen molar-refractivity contribution < 1.29 is 9.84 Å². The summed E-state index contributed by atoms with van der Waals surface area (Å²) in [5.74, 6) is 2.00. The van der Waals surface area contributed by atoms with Crippen LogP contribution in [0.3, 0.4) is 0 Å². The number of benzene rings is 1. The normalized spacial score (nSPS) is 18.8. The van der Waals surface area contributed by atoms with E-state index < -0.39 is 0 Å². The molecule has 2 heterocycles. The Morgan fingerprint density at radius 2 is 2.29 bits per heavy atom. The molecular weight excluding hydrogens is 270 g/mol. The molecule has 0 amide bonds. The molecule has 1 aromatic heterocycles. The Morgan fingerprint density at radius 1 is 1.43 bits per heavy atom. The lowest BCUT2D eigenvalue weighted by atomic mass is 10.2. The van der Waals surface area contributed by atoms with Gasteiger partial charge in [-0.1, -0.05) is 0 Å². The molecule has 3 N–H and O–H groups in total. The molecule has 1 atom stereocenters. The van der Waals surface area contributed by atoms with E-state index in [1.54, 1.807) is 25.3 Å². The fraction of sp³-hybridized carbons (Fsp3) is 0.429. The van der Waals surface area contributed by atoms with Crippen molar-refractivity contribution in [2.45, 2.75) is 13.0 Å². The number of hydrogen-bond donors (Lipinski definition) is 3. The first-order valence-corrected chi connectivity index (χ1v) is 6.95. The first-order valence-electron chi connectivity index (χ1n) is 6.95. The molecule has 1 aliphatic heterocycles. The number of methoxy groups -OCH3 is 1. The SMILES string of the molecule is COc1ccc(O)c(-c2nc(N3CCN[C@H](C)C3)n[nH]2)c1. The molecule has 112 valence electrons.